The van der Waals surface area contributed by atoms with Gasteiger partial charge in [-0.15, -0.1) is 0 Å². The van der Waals surface area contributed by atoms with Gasteiger partial charge in [0.05, 0.1) is 18.9 Å². The van der Waals surface area contributed by atoms with Gasteiger partial charge in [0.2, 0.25) is 0 Å². The maximum Gasteiger partial charge on any atom is 0.343 e. The molecule has 3 rings (SSSR count). The molecule has 3 aromatic rings. The summed E-state index contributed by atoms with van der Waals surface area (Å²) >= 11 is 5.85. The Morgan fingerprint density at radius 1 is 1.03 bits per heavy atom. The molecule has 0 heterocycles. The van der Waals surface area contributed by atoms with Crippen molar-refractivity contribution in [2.45, 2.75) is 26.2 Å². The lowest BCUT2D eigenvalue weighted by Crippen LogP contribution is -2.24. The fourth-order valence-corrected chi connectivity index (χ4v) is 3.21. The Kier molecular flexibility index (Phi) is 9.26. The second-order valence-electron chi connectivity index (χ2n) is 7.77. The van der Waals surface area contributed by atoms with Crippen molar-refractivity contribution in [3.63, 3.8) is 0 Å². The van der Waals surface area contributed by atoms with Crippen LogP contribution in [0.5, 0.6) is 17.2 Å². The van der Waals surface area contributed by atoms with Crippen LogP contribution in [-0.4, -0.2) is 31.8 Å². The van der Waals surface area contributed by atoms with Crippen LogP contribution in [0.25, 0.3) is 0 Å². The Bertz CT molecular complexity index is 1180. The average molecular weight is 495 g/mol. The Labute approximate surface area is 209 Å². The number of benzene rings is 3. The van der Waals surface area contributed by atoms with Crippen LogP contribution in [0, 0.1) is 0 Å². The maximum atomic E-state index is 12.3. The highest BCUT2D eigenvalue weighted by atomic mass is 35.5. The predicted octanol–water partition coefficient (Wildman–Crippen LogP) is 5.61. The normalized spacial score (nSPS) is 11.7. The number of rotatable bonds is 10. The zero-order chi connectivity index (χ0) is 25.2. The first-order chi connectivity index (χ1) is 16.9. The van der Waals surface area contributed by atoms with Crippen LogP contribution >= 0.6 is 11.6 Å². The van der Waals surface area contributed by atoms with Crippen LogP contribution in [0.15, 0.2) is 71.8 Å². The highest BCUT2D eigenvalue weighted by Crippen LogP contribution is 2.28. The number of hydrazone groups is 1. The van der Waals surface area contributed by atoms with Crippen LogP contribution in [-0.2, 0) is 4.79 Å². The first-order valence-corrected chi connectivity index (χ1v) is 11.5. The van der Waals surface area contributed by atoms with Gasteiger partial charge in [-0.3, -0.25) is 4.79 Å². The van der Waals surface area contributed by atoms with Crippen LogP contribution in [0.1, 0.15) is 47.7 Å². The van der Waals surface area contributed by atoms with E-state index in [0.29, 0.717) is 33.6 Å². The quantitative estimate of drug-likeness (QED) is 0.171. The first-order valence-electron chi connectivity index (χ1n) is 11.1. The van der Waals surface area contributed by atoms with Crippen LogP contribution in [0.2, 0.25) is 5.02 Å². The minimum atomic E-state index is -0.539. The van der Waals surface area contributed by atoms with Crippen LogP contribution < -0.4 is 19.6 Å². The number of hydrogen-bond acceptors (Lipinski definition) is 6. The lowest BCUT2D eigenvalue weighted by atomic mass is 9.99. The molecule has 182 valence electrons. The Morgan fingerprint density at radius 3 is 2.40 bits per heavy atom. The maximum absolute atomic E-state index is 12.3. The van der Waals surface area contributed by atoms with Gasteiger partial charge < -0.3 is 14.2 Å². The third-order valence-electron chi connectivity index (χ3n) is 5.30. The molecule has 1 unspecified atom stereocenters. The minimum absolute atomic E-state index is 0.164. The molecule has 35 heavy (non-hydrogen) atoms. The van der Waals surface area contributed by atoms with Gasteiger partial charge in [-0.05, 0) is 78.1 Å². The number of methoxy groups -OCH3 is 1. The molecule has 0 fully saturated rings. The van der Waals surface area contributed by atoms with Crippen molar-refractivity contribution in [1.82, 2.24) is 5.43 Å². The van der Waals surface area contributed by atoms with E-state index in [1.54, 1.807) is 42.5 Å². The zero-order valence-corrected chi connectivity index (χ0v) is 20.5. The number of halogens is 1. The SMILES string of the molecule is CCC(C)c1ccc(OCC(=O)N/N=C\c2ccc(OC(=O)c3ccc(Cl)cc3)c(OC)c2)cc1. The topological polar surface area (TPSA) is 86.2 Å². The molecule has 1 N–H and O–H groups in total. The van der Waals surface area contributed by atoms with E-state index in [-0.39, 0.29) is 12.4 Å². The lowest BCUT2D eigenvalue weighted by molar-refractivity contribution is -0.123. The molecule has 0 aromatic heterocycles. The third-order valence-corrected chi connectivity index (χ3v) is 5.56. The van der Waals surface area contributed by atoms with Gasteiger partial charge in [0.15, 0.2) is 18.1 Å². The number of ether oxygens (including phenoxy) is 3. The van der Waals surface area contributed by atoms with Crippen molar-refractivity contribution in [2.24, 2.45) is 5.10 Å². The molecule has 1 atom stereocenters. The molecule has 0 spiro atoms. The molecule has 0 radical (unpaired) electrons. The van der Waals surface area contributed by atoms with Gasteiger partial charge in [-0.25, -0.2) is 10.2 Å². The molecule has 1 amide bonds. The molecule has 0 aliphatic rings. The van der Waals surface area contributed by atoms with Gasteiger partial charge >= 0.3 is 5.97 Å². The molecule has 0 saturated heterocycles. The molecular weight excluding hydrogens is 468 g/mol. The summed E-state index contributed by atoms with van der Waals surface area (Å²) < 4.78 is 16.3. The Morgan fingerprint density at radius 2 is 1.74 bits per heavy atom. The van der Waals surface area contributed by atoms with E-state index in [0.717, 1.165) is 6.42 Å². The molecule has 0 aliphatic carbocycles. The molecular formula is C27H27ClN2O5. The van der Waals surface area contributed by atoms with Gasteiger partial charge in [-0.2, -0.15) is 5.10 Å². The fraction of sp³-hybridized carbons (Fsp3) is 0.222. The third kappa shape index (κ3) is 7.58. The number of carbonyl (C=O) groups excluding carboxylic acids is 2. The summed E-state index contributed by atoms with van der Waals surface area (Å²) in [5.41, 5.74) is 4.64. The van der Waals surface area contributed by atoms with Gasteiger partial charge in [0.1, 0.15) is 5.75 Å². The highest BCUT2D eigenvalue weighted by molar-refractivity contribution is 6.30. The second-order valence-corrected chi connectivity index (χ2v) is 8.20. The van der Waals surface area contributed by atoms with Crippen LogP contribution in [0.3, 0.4) is 0 Å². The van der Waals surface area contributed by atoms with Crippen molar-refractivity contribution in [2.75, 3.05) is 13.7 Å². The number of amides is 1. The van der Waals surface area contributed by atoms with E-state index in [1.165, 1.54) is 18.9 Å². The van der Waals surface area contributed by atoms with Crippen molar-refractivity contribution in [3.8, 4) is 17.2 Å². The van der Waals surface area contributed by atoms with E-state index < -0.39 is 11.9 Å². The second kappa shape index (κ2) is 12.6. The summed E-state index contributed by atoms with van der Waals surface area (Å²) in [4.78, 5) is 24.4. The molecule has 0 bridgehead atoms. The summed E-state index contributed by atoms with van der Waals surface area (Å²) in [5, 5.41) is 4.47. The van der Waals surface area contributed by atoms with E-state index in [1.807, 2.05) is 24.3 Å². The van der Waals surface area contributed by atoms with Crippen molar-refractivity contribution in [1.29, 1.82) is 0 Å². The molecule has 3 aromatic carbocycles. The largest absolute Gasteiger partial charge is 0.493 e. The van der Waals surface area contributed by atoms with E-state index in [4.69, 9.17) is 25.8 Å². The summed E-state index contributed by atoms with van der Waals surface area (Å²) in [6, 6.07) is 19.0. The predicted molar refractivity (Wildman–Crippen MR) is 136 cm³/mol. The molecule has 7 nitrogen and oxygen atoms in total. The fourth-order valence-electron chi connectivity index (χ4n) is 3.08. The number of esters is 1. The summed E-state index contributed by atoms with van der Waals surface area (Å²) in [6.45, 7) is 4.14. The van der Waals surface area contributed by atoms with Crippen molar-refractivity contribution in [3.05, 3.63) is 88.4 Å². The monoisotopic (exact) mass is 494 g/mol. The average Bonchev–Trinajstić information content (AvgIpc) is 2.88. The Balaban J connectivity index is 1.52. The molecule has 8 heteroatoms. The number of nitrogens with zero attached hydrogens (tertiary/aromatic N) is 1. The number of hydrogen-bond donors (Lipinski definition) is 1. The van der Waals surface area contributed by atoms with Crippen molar-refractivity contribution >= 4 is 29.7 Å². The first kappa shape index (κ1) is 25.8. The number of nitrogens with one attached hydrogen (secondary N) is 1. The van der Waals surface area contributed by atoms with Crippen LogP contribution in [0.4, 0.5) is 0 Å². The van der Waals surface area contributed by atoms with E-state index in [2.05, 4.69) is 24.4 Å². The van der Waals surface area contributed by atoms with Gasteiger partial charge in [-0.1, -0.05) is 37.6 Å². The summed E-state index contributed by atoms with van der Waals surface area (Å²) in [5.74, 6) is 0.749. The molecule has 0 saturated carbocycles. The summed E-state index contributed by atoms with van der Waals surface area (Å²) in [7, 11) is 1.46. The highest BCUT2D eigenvalue weighted by Gasteiger charge is 2.13. The van der Waals surface area contributed by atoms with Gasteiger partial charge in [0, 0.05) is 5.02 Å². The van der Waals surface area contributed by atoms with Crippen molar-refractivity contribution < 1.29 is 23.8 Å². The minimum Gasteiger partial charge on any atom is -0.493 e. The van der Waals surface area contributed by atoms with E-state index >= 15 is 0 Å². The lowest BCUT2D eigenvalue weighted by Gasteiger charge is -2.10. The van der Waals surface area contributed by atoms with Gasteiger partial charge in [0.25, 0.3) is 5.91 Å². The zero-order valence-electron chi connectivity index (χ0n) is 19.8. The molecule has 0 aliphatic heterocycles. The Hall–Kier alpha value is -3.84. The standard InChI is InChI=1S/C27H27ClN2O5/c1-4-18(2)20-8-12-23(13-9-20)34-17-26(31)30-29-16-19-5-14-24(25(15-19)33-3)35-27(32)21-6-10-22(28)11-7-21/h5-16,18H,4,17H2,1-3H3,(H,30,31)/b29-16-. The number of carbonyl (C=O) groups is 2. The smallest absolute Gasteiger partial charge is 0.343 e. The summed E-state index contributed by atoms with van der Waals surface area (Å²) in [6.07, 6.45) is 2.51. The van der Waals surface area contributed by atoms with E-state index in [9.17, 15) is 9.59 Å².